The minimum absolute atomic E-state index is 0.231. The molecule has 0 aliphatic carbocycles. The molecule has 8 heteroatoms. The molecule has 0 spiro atoms. The lowest BCUT2D eigenvalue weighted by Gasteiger charge is -2.33. The highest BCUT2D eigenvalue weighted by Gasteiger charge is 2.23. The summed E-state index contributed by atoms with van der Waals surface area (Å²) in [7, 11) is 0. The Hall–Kier alpha value is -2.25. The average molecular weight is 337 g/mol. The van der Waals surface area contributed by atoms with Crippen LogP contribution in [0.25, 0.3) is 5.65 Å². The number of carbonyl (C=O) groups excluding carboxylic acids is 1. The highest BCUT2D eigenvalue weighted by Crippen LogP contribution is 2.25. The molecule has 0 aromatic carbocycles. The molecule has 1 aliphatic rings. The third-order valence-corrected chi connectivity index (χ3v) is 4.33. The van der Waals surface area contributed by atoms with Crippen molar-refractivity contribution >= 4 is 17.4 Å². The number of fused-ring (bicyclic) bond motifs is 1. The first-order valence-electron chi connectivity index (χ1n) is 8.14. The van der Waals surface area contributed by atoms with Crippen molar-refractivity contribution in [2.75, 3.05) is 24.5 Å². The Labute approximate surface area is 138 Å². The SMILES string of the molecule is Cc1cc(N2CCC(CC(=O)NCC(F)F)CC2)n2nccc2n1. The molecule has 0 unspecified atom stereocenters. The maximum absolute atomic E-state index is 12.1. The summed E-state index contributed by atoms with van der Waals surface area (Å²) in [6, 6.07) is 3.88. The third-order valence-electron chi connectivity index (χ3n) is 4.33. The van der Waals surface area contributed by atoms with Crippen LogP contribution in [0, 0.1) is 12.8 Å². The van der Waals surface area contributed by atoms with E-state index in [1.54, 1.807) is 6.20 Å². The van der Waals surface area contributed by atoms with Gasteiger partial charge in [0.25, 0.3) is 6.43 Å². The topological polar surface area (TPSA) is 62.5 Å². The largest absolute Gasteiger partial charge is 0.356 e. The van der Waals surface area contributed by atoms with Crippen LogP contribution in [0.5, 0.6) is 0 Å². The summed E-state index contributed by atoms with van der Waals surface area (Å²) in [5, 5.41) is 6.60. The number of carbonyl (C=O) groups is 1. The monoisotopic (exact) mass is 337 g/mol. The molecular weight excluding hydrogens is 316 g/mol. The second kappa shape index (κ2) is 7.11. The van der Waals surface area contributed by atoms with Crippen molar-refractivity contribution in [3.63, 3.8) is 0 Å². The van der Waals surface area contributed by atoms with Crippen LogP contribution in [0.3, 0.4) is 0 Å². The Morgan fingerprint density at radius 3 is 2.88 bits per heavy atom. The molecular formula is C16H21F2N5O. The fraction of sp³-hybridized carbons (Fsp3) is 0.562. The van der Waals surface area contributed by atoms with E-state index in [1.807, 2.05) is 23.6 Å². The molecule has 3 rings (SSSR count). The van der Waals surface area contributed by atoms with E-state index in [2.05, 4.69) is 20.3 Å². The number of hydrogen-bond donors (Lipinski definition) is 1. The summed E-state index contributed by atoms with van der Waals surface area (Å²) in [5.41, 5.74) is 1.75. The molecule has 0 saturated carbocycles. The molecule has 130 valence electrons. The van der Waals surface area contributed by atoms with Gasteiger partial charge in [0.15, 0.2) is 5.65 Å². The molecule has 1 saturated heterocycles. The summed E-state index contributed by atoms with van der Waals surface area (Å²) in [6.07, 6.45) is 1.25. The van der Waals surface area contributed by atoms with Gasteiger partial charge in [0.1, 0.15) is 5.82 Å². The van der Waals surface area contributed by atoms with E-state index in [-0.39, 0.29) is 11.8 Å². The van der Waals surface area contributed by atoms with Gasteiger partial charge in [-0.1, -0.05) is 0 Å². The molecule has 3 heterocycles. The third kappa shape index (κ3) is 3.80. The molecule has 0 radical (unpaired) electrons. The van der Waals surface area contributed by atoms with Crippen molar-refractivity contribution in [3.05, 3.63) is 24.0 Å². The van der Waals surface area contributed by atoms with Crippen molar-refractivity contribution in [2.24, 2.45) is 5.92 Å². The van der Waals surface area contributed by atoms with E-state index in [0.717, 1.165) is 43.1 Å². The van der Waals surface area contributed by atoms with Crippen LogP contribution in [0.1, 0.15) is 25.0 Å². The Bertz CT molecular complexity index is 710. The summed E-state index contributed by atoms with van der Waals surface area (Å²) in [6.45, 7) is 3.01. The van der Waals surface area contributed by atoms with Crippen molar-refractivity contribution in [1.82, 2.24) is 19.9 Å². The van der Waals surface area contributed by atoms with Gasteiger partial charge in [-0.15, -0.1) is 0 Å². The van der Waals surface area contributed by atoms with Crippen molar-refractivity contribution in [3.8, 4) is 0 Å². The zero-order valence-corrected chi connectivity index (χ0v) is 13.6. The number of amides is 1. The Balaban J connectivity index is 1.58. The Kier molecular flexibility index (Phi) is 4.92. The average Bonchev–Trinajstić information content (AvgIpc) is 3.01. The molecule has 2 aromatic heterocycles. The zero-order valence-electron chi connectivity index (χ0n) is 13.6. The van der Waals surface area contributed by atoms with E-state index in [4.69, 9.17) is 0 Å². The van der Waals surface area contributed by atoms with Gasteiger partial charge >= 0.3 is 0 Å². The lowest BCUT2D eigenvalue weighted by atomic mass is 9.93. The molecule has 24 heavy (non-hydrogen) atoms. The van der Waals surface area contributed by atoms with Crippen LogP contribution < -0.4 is 10.2 Å². The molecule has 1 aliphatic heterocycles. The second-order valence-corrected chi connectivity index (χ2v) is 6.19. The Morgan fingerprint density at radius 1 is 1.42 bits per heavy atom. The minimum atomic E-state index is -2.50. The van der Waals surface area contributed by atoms with Crippen LogP contribution in [-0.4, -0.2) is 46.6 Å². The standard InChI is InChI=1S/C16H21F2N5O/c1-11-8-16(23-14(21-11)2-5-20-23)22-6-3-12(4-7-22)9-15(24)19-10-13(17)18/h2,5,8,12-13H,3-4,6-7,9-10H2,1H3,(H,19,24). The molecule has 1 fully saturated rings. The molecule has 0 atom stereocenters. The maximum Gasteiger partial charge on any atom is 0.255 e. The summed E-state index contributed by atoms with van der Waals surface area (Å²) >= 11 is 0. The van der Waals surface area contributed by atoms with Crippen LogP contribution in [0.2, 0.25) is 0 Å². The highest BCUT2D eigenvalue weighted by molar-refractivity contribution is 5.76. The lowest BCUT2D eigenvalue weighted by molar-refractivity contribution is -0.122. The van der Waals surface area contributed by atoms with Gasteiger partial charge in [-0.05, 0) is 25.7 Å². The van der Waals surface area contributed by atoms with Gasteiger partial charge in [0, 0.05) is 37.3 Å². The Morgan fingerprint density at radius 2 is 2.17 bits per heavy atom. The van der Waals surface area contributed by atoms with Gasteiger partial charge in [0.05, 0.1) is 12.7 Å². The van der Waals surface area contributed by atoms with Crippen LogP contribution in [0.4, 0.5) is 14.6 Å². The molecule has 1 N–H and O–H groups in total. The first-order valence-corrected chi connectivity index (χ1v) is 8.14. The predicted octanol–water partition coefficient (Wildman–Crippen LogP) is 2.03. The number of aromatic nitrogens is 3. The first-order chi connectivity index (χ1) is 11.5. The molecule has 2 aromatic rings. The number of alkyl halides is 2. The number of halogens is 2. The van der Waals surface area contributed by atoms with E-state index < -0.39 is 13.0 Å². The molecule has 0 bridgehead atoms. The number of nitrogens with zero attached hydrogens (tertiary/aromatic N) is 4. The second-order valence-electron chi connectivity index (χ2n) is 6.19. The smallest absolute Gasteiger partial charge is 0.255 e. The van der Waals surface area contributed by atoms with E-state index in [1.165, 1.54) is 0 Å². The number of aryl methyl sites for hydroxylation is 1. The number of hydrogen-bond acceptors (Lipinski definition) is 4. The van der Waals surface area contributed by atoms with Gasteiger partial charge in [-0.2, -0.15) is 9.61 Å². The van der Waals surface area contributed by atoms with Crippen molar-refractivity contribution in [1.29, 1.82) is 0 Å². The fourth-order valence-corrected chi connectivity index (χ4v) is 3.14. The van der Waals surface area contributed by atoms with Crippen LogP contribution in [0.15, 0.2) is 18.3 Å². The van der Waals surface area contributed by atoms with Crippen molar-refractivity contribution < 1.29 is 13.6 Å². The maximum atomic E-state index is 12.1. The van der Waals surface area contributed by atoms with Crippen LogP contribution in [-0.2, 0) is 4.79 Å². The minimum Gasteiger partial charge on any atom is -0.356 e. The van der Waals surface area contributed by atoms with E-state index in [0.29, 0.717) is 6.42 Å². The predicted molar refractivity (Wildman–Crippen MR) is 86.3 cm³/mol. The quantitative estimate of drug-likeness (QED) is 0.907. The zero-order chi connectivity index (χ0) is 17.1. The molecule has 1 amide bonds. The van der Waals surface area contributed by atoms with Crippen molar-refractivity contribution in [2.45, 2.75) is 32.6 Å². The summed E-state index contributed by atoms with van der Waals surface area (Å²) in [5.74, 6) is 0.945. The van der Waals surface area contributed by atoms with Gasteiger partial charge in [-0.3, -0.25) is 4.79 Å². The summed E-state index contributed by atoms with van der Waals surface area (Å²) < 4.78 is 26.0. The number of nitrogens with one attached hydrogen (secondary N) is 1. The van der Waals surface area contributed by atoms with Gasteiger partial charge < -0.3 is 10.2 Å². The molecule has 6 nitrogen and oxygen atoms in total. The van der Waals surface area contributed by atoms with E-state index >= 15 is 0 Å². The fourth-order valence-electron chi connectivity index (χ4n) is 3.14. The number of piperidine rings is 1. The van der Waals surface area contributed by atoms with Gasteiger partial charge in [0.2, 0.25) is 5.91 Å². The highest BCUT2D eigenvalue weighted by atomic mass is 19.3. The normalized spacial score (nSPS) is 16.1. The van der Waals surface area contributed by atoms with Gasteiger partial charge in [-0.25, -0.2) is 13.8 Å². The lowest BCUT2D eigenvalue weighted by Crippen LogP contribution is -2.37. The first kappa shape index (κ1) is 16.6. The van der Waals surface area contributed by atoms with E-state index in [9.17, 15) is 13.6 Å². The number of anilines is 1. The summed E-state index contributed by atoms with van der Waals surface area (Å²) in [4.78, 5) is 18.3. The van der Waals surface area contributed by atoms with Crippen LogP contribution >= 0.6 is 0 Å². The number of rotatable bonds is 5.